The van der Waals surface area contributed by atoms with E-state index in [-0.39, 0.29) is 17.2 Å². The highest BCUT2D eigenvalue weighted by Crippen LogP contribution is 2.37. The molecular formula is C24H37N3O3. The van der Waals surface area contributed by atoms with Crippen molar-refractivity contribution in [2.45, 2.75) is 40.0 Å². The Morgan fingerprint density at radius 2 is 1.67 bits per heavy atom. The minimum atomic E-state index is -0.426. The second-order valence-electron chi connectivity index (χ2n) is 10.0. The molecule has 30 heavy (non-hydrogen) atoms. The molecule has 2 aliphatic heterocycles. The summed E-state index contributed by atoms with van der Waals surface area (Å²) in [7, 11) is 2.09. The van der Waals surface area contributed by atoms with E-state index in [0.29, 0.717) is 19.6 Å². The lowest BCUT2D eigenvalue weighted by Gasteiger charge is -2.45. The number of carbonyl (C=O) groups is 2. The van der Waals surface area contributed by atoms with Crippen LogP contribution in [0.3, 0.4) is 0 Å². The molecule has 0 N–H and O–H groups in total. The highest BCUT2D eigenvalue weighted by atomic mass is 16.5. The van der Waals surface area contributed by atoms with Crippen LogP contribution in [-0.2, 0) is 9.59 Å². The first-order chi connectivity index (χ1) is 14.2. The number of likely N-dealkylation sites (N-methyl/N-ethyl adjacent to an activating group) is 1. The molecule has 2 heterocycles. The van der Waals surface area contributed by atoms with E-state index in [1.165, 1.54) is 0 Å². The molecule has 2 amide bonds. The molecule has 0 unspecified atom stereocenters. The zero-order valence-corrected chi connectivity index (χ0v) is 19.0. The number of hydrogen-bond acceptors (Lipinski definition) is 4. The summed E-state index contributed by atoms with van der Waals surface area (Å²) in [5.74, 6) is 1.14. The van der Waals surface area contributed by atoms with E-state index >= 15 is 0 Å². The molecule has 6 heteroatoms. The summed E-state index contributed by atoms with van der Waals surface area (Å²) in [5.41, 5.74) is -0.778. The van der Waals surface area contributed by atoms with Gasteiger partial charge in [0.05, 0.1) is 6.61 Å². The molecule has 3 rings (SSSR count). The zero-order valence-electron chi connectivity index (χ0n) is 19.0. The van der Waals surface area contributed by atoms with Crippen molar-refractivity contribution in [1.29, 1.82) is 0 Å². The van der Waals surface area contributed by atoms with Gasteiger partial charge in [0.1, 0.15) is 5.75 Å². The maximum atomic E-state index is 13.2. The molecule has 0 aromatic heterocycles. The number of carbonyl (C=O) groups excluding carboxylic acids is 2. The molecule has 1 atom stereocenters. The summed E-state index contributed by atoms with van der Waals surface area (Å²) in [4.78, 5) is 32.4. The SMILES string of the molecule is CN1CCN(C(=O)C[C@@]2(COc3ccccc3)CCCN(C(=O)C(C)(C)C)C2)CC1. The van der Waals surface area contributed by atoms with Gasteiger partial charge in [0, 0.05) is 56.5 Å². The number of piperazine rings is 1. The Hall–Kier alpha value is -2.08. The predicted octanol–water partition coefficient (Wildman–Crippen LogP) is 2.88. The maximum absolute atomic E-state index is 13.2. The fourth-order valence-electron chi connectivity index (χ4n) is 4.41. The van der Waals surface area contributed by atoms with Gasteiger partial charge in [0.2, 0.25) is 11.8 Å². The molecule has 2 aliphatic rings. The van der Waals surface area contributed by atoms with Crippen molar-refractivity contribution in [2.75, 3.05) is 52.9 Å². The summed E-state index contributed by atoms with van der Waals surface area (Å²) in [6, 6.07) is 9.75. The lowest BCUT2D eigenvalue weighted by Crippen LogP contribution is -2.54. The normalized spacial score (nSPS) is 23.3. The summed E-state index contributed by atoms with van der Waals surface area (Å²) < 4.78 is 6.15. The Morgan fingerprint density at radius 3 is 2.30 bits per heavy atom. The van der Waals surface area contributed by atoms with Gasteiger partial charge >= 0.3 is 0 Å². The Kier molecular flexibility index (Phi) is 7.06. The number of likely N-dealkylation sites (tertiary alicyclic amines) is 1. The van der Waals surface area contributed by atoms with Crippen molar-refractivity contribution in [2.24, 2.45) is 10.8 Å². The van der Waals surface area contributed by atoms with Crippen LogP contribution >= 0.6 is 0 Å². The number of ether oxygens (including phenoxy) is 1. The average Bonchev–Trinajstić information content (AvgIpc) is 2.72. The largest absolute Gasteiger partial charge is 0.493 e. The van der Waals surface area contributed by atoms with Crippen LogP contribution in [-0.4, -0.2) is 79.4 Å². The van der Waals surface area contributed by atoms with Crippen LogP contribution in [0, 0.1) is 10.8 Å². The summed E-state index contributed by atoms with van der Waals surface area (Å²) in [6.07, 6.45) is 2.22. The molecule has 1 aromatic rings. The highest BCUT2D eigenvalue weighted by molar-refractivity contribution is 5.82. The van der Waals surface area contributed by atoms with Crippen molar-refractivity contribution in [3.05, 3.63) is 30.3 Å². The molecule has 0 spiro atoms. The molecule has 0 radical (unpaired) electrons. The van der Waals surface area contributed by atoms with Gasteiger partial charge in [-0.2, -0.15) is 0 Å². The molecule has 0 saturated carbocycles. The van der Waals surface area contributed by atoms with E-state index in [0.717, 1.165) is 51.3 Å². The molecule has 2 saturated heterocycles. The van der Waals surface area contributed by atoms with Gasteiger partial charge in [-0.15, -0.1) is 0 Å². The molecule has 2 fully saturated rings. The summed E-state index contributed by atoms with van der Waals surface area (Å²) in [6.45, 7) is 11.0. The van der Waals surface area contributed by atoms with Crippen molar-refractivity contribution in [3.8, 4) is 5.75 Å². The highest BCUT2D eigenvalue weighted by Gasteiger charge is 2.42. The standard InChI is InChI=1S/C24H37N3O3/c1-23(2,3)22(29)27-12-8-11-24(18-27,19-30-20-9-6-5-7-10-20)17-21(28)26-15-13-25(4)14-16-26/h5-7,9-10H,8,11-19H2,1-4H3/t24-/m0/s1. The van der Waals surface area contributed by atoms with Gasteiger partial charge in [-0.1, -0.05) is 39.0 Å². The van der Waals surface area contributed by atoms with E-state index < -0.39 is 5.41 Å². The number of para-hydroxylation sites is 1. The number of benzene rings is 1. The van der Waals surface area contributed by atoms with Crippen molar-refractivity contribution < 1.29 is 14.3 Å². The topological polar surface area (TPSA) is 53.1 Å². The van der Waals surface area contributed by atoms with Gasteiger partial charge < -0.3 is 19.4 Å². The Bertz CT molecular complexity index is 723. The van der Waals surface area contributed by atoms with Crippen LogP contribution in [0.1, 0.15) is 40.0 Å². The molecule has 1 aromatic carbocycles. The second kappa shape index (κ2) is 9.38. The van der Waals surface area contributed by atoms with E-state index in [1.807, 2.05) is 60.9 Å². The first kappa shape index (κ1) is 22.6. The number of rotatable bonds is 5. The van der Waals surface area contributed by atoms with Crippen molar-refractivity contribution >= 4 is 11.8 Å². The van der Waals surface area contributed by atoms with Crippen LogP contribution in [0.25, 0.3) is 0 Å². The minimum absolute atomic E-state index is 0.151. The molecular weight excluding hydrogens is 378 g/mol. The molecule has 0 bridgehead atoms. The van der Waals surface area contributed by atoms with Crippen LogP contribution in [0.5, 0.6) is 5.75 Å². The number of nitrogens with zero attached hydrogens (tertiary/aromatic N) is 3. The van der Waals surface area contributed by atoms with E-state index in [1.54, 1.807) is 0 Å². The predicted molar refractivity (Wildman–Crippen MR) is 118 cm³/mol. The quantitative estimate of drug-likeness (QED) is 0.742. The van der Waals surface area contributed by atoms with Crippen LogP contribution in [0.15, 0.2) is 30.3 Å². The zero-order chi connectivity index (χ0) is 21.8. The monoisotopic (exact) mass is 415 g/mol. The van der Waals surface area contributed by atoms with Gasteiger partial charge in [0.25, 0.3) is 0 Å². The Balaban J connectivity index is 1.75. The van der Waals surface area contributed by atoms with Crippen LogP contribution in [0.4, 0.5) is 0 Å². The van der Waals surface area contributed by atoms with Gasteiger partial charge in [-0.05, 0) is 32.0 Å². The summed E-state index contributed by atoms with van der Waals surface area (Å²) in [5, 5.41) is 0. The third-order valence-corrected chi connectivity index (χ3v) is 6.26. The van der Waals surface area contributed by atoms with Crippen LogP contribution in [0.2, 0.25) is 0 Å². The number of hydrogen-bond donors (Lipinski definition) is 0. The first-order valence-corrected chi connectivity index (χ1v) is 11.1. The molecule has 166 valence electrons. The third kappa shape index (κ3) is 5.75. The van der Waals surface area contributed by atoms with Gasteiger partial charge in [-0.25, -0.2) is 0 Å². The van der Waals surface area contributed by atoms with Crippen molar-refractivity contribution in [1.82, 2.24) is 14.7 Å². The lowest BCUT2D eigenvalue weighted by atomic mass is 9.76. The van der Waals surface area contributed by atoms with Gasteiger partial charge in [0.15, 0.2) is 0 Å². The van der Waals surface area contributed by atoms with E-state index in [2.05, 4.69) is 11.9 Å². The number of amides is 2. The smallest absolute Gasteiger partial charge is 0.227 e. The average molecular weight is 416 g/mol. The van der Waals surface area contributed by atoms with Gasteiger partial charge in [-0.3, -0.25) is 9.59 Å². The van der Waals surface area contributed by atoms with Crippen LogP contribution < -0.4 is 4.74 Å². The first-order valence-electron chi connectivity index (χ1n) is 11.1. The van der Waals surface area contributed by atoms with Crippen molar-refractivity contribution in [3.63, 3.8) is 0 Å². The fraction of sp³-hybridized carbons (Fsp3) is 0.667. The second-order valence-corrected chi connectivity index (χ2v) is 10.0. The Morgan fingerprint density at radius 1 is 1.00 bits per heavy atom. The number of piperidine rings is 1. The molecule has 0 aliphatic carbocycles. The maximum Gasteiger partial charge on any atom is 0.227 e. The molecule has 6 nitrogen and oxygen atoms in total. The lowest BCUT2D eigenvalue weighted by molar-refractivity contribution is -0.147. The summed E-state index contributed by atoms with van der Waals surface area (Å²) >= 11 is 0. The Labute approximate surface area is 181 Å². The van der Waals surface area contributed by atoms with E-state index in [4.69, 9.17) is 4.74 Å². The fourth-order valence-corrected chi connectivity index (χ4v) is 4.41. The minimum Gasteiger partial charge on any atom is -0.493 e. The van der Waals surface area contributed by atoms with E-state index in [9.17, 15) is 9.59 Å². The third-order valence-electron chi connectivity index (χ3n) is 6.26.